The first-order valence-electron chi connectivity index (χ1n) is 14.0. The molecule has 3 N–H and O–H groups in total. The van der Waals surface area contributed by atoms with Crippen molar-refractivity contribution >= 4 is 23.4 Å². The first kappa shape index (κ1) is 27.3. The Balaban J connectivity index is 1.38. The number of rotatable bonds is 9. The van der Waals surface area contributed by atoms with Gasteiger partial charge in [0.15, 0.2) is 0 Å². The first-order chi connectivity index (χ1) is 18.7. The Labute approximate surface area is 227 Å². The van der Waals surface area contributed by atoms with Gasteiger partial charge in [-0.25, -0.2) is 8.78 Å². The molecule has 3 saturated heterocycles. The van der Waals surface area contributed by atoms with Gasteiger partial charge in [0.1, 0.15) is 18.1 Å². The van der Waals surface area contributed by atoms with Crippen LogP contribution in [0.4, 0.5) is 14.5 Å². The highest BCUT2D eigenvalue weighted by Gasteiger charge is 2.61. The number of aromatic nitrogens is 1. The number of hydrogen-bond donors (Lipinski definition) is 3. The number of fused-ring (bicyclic) bond motifs is 3. The normalized spacial score (nSPS) is 29.1. The molecule has 4 heterocycles. The van der Waals surface area contributed by atoms with Crippen molar-refractivity contribution in [3.63, 3.8) is 0 Å². The Morgan fingerprint density at radius 1 is 1.23 bits per heavy atom. The van der Waals surface area contributed by atoms with E-state index in [1.165, 1.54) is 4.90 Å². The van der Waals surface area contributed by atoms with Crippen LogP contribution in [-0.2, 0) is 14.4 Å². The van der Waals surface area contributed by atoms with Crippen LogP contribution in [0.3, 0.4) is 0 Å². The summed E-state index contributed by atoms with van der Waals surface area (Å²) >= 11 is 0. The monoisotopic (exact) mass is 542 g/mol. The summed E-state index contributed by atoms with van der Waals surface area (Å²) in [5.41, 5.74) is 1.58. The van der Waals surface area contributed by atoms with Gasteiger partial charge in [-0.15, -0.1) is 0 Å². The average Bonchev–Trinajstić information content (AvgIpc) is 3.72. The molecule has 210 valence electrons. The molecule has 1 aromatic rings. The Morgan fingerprint density at radius 3 is 2.69 bits per heavy atom. The van der Waals surface area contributed by atoms with Crippen LogP contribution in [0.1, 0.15) is 63.4 Å². The van der Waals surface area contributed by atoms with Crippen LogP contribution in [0.2, 0.25) is 0 Å². The summed E-state index contributed by atoms with van der Waals surface area (Å²) in [6.07, 6.45) is 7.42. The zero-order valence-electron chi connectivity index (χ0n) is 22.2. The number of halogens is 2. The molecular formula is C28H36F2N6O3. The highest BCUT2D eigenvalue weighted by Crippen LogP contribution is 2.49. The van der Waals surface area contributed by atoms with Gasteiger partial charge >= 0.3 is 0 Å². The molecule has 0 radical (unpaired) electrons. The third kappa shape index (κ3) is 5.99. The lowest BCUT2D eigenvalue weighted by Crippen LogP contribution is -2.70. The Morgan fingerprint density at radius 2 is 2.03 bits per heavy atom. The van der Waals surface area contributed by atoms with Crippen molar-refractivity contribution < 1.29 is 23.2 Å². The number of carbonyl (C=O) groups is 3. The molecule has 2 bridgehead atoms. The van der Waals surface area contributed by atoms with Crippen molar-refractivity contribution in [1.29, 1.82) is 5.26 Å². The molecule has 3 amide bonds. The smallest absolute Gasteiger partial charge is 0.255 e. The number of anilines is 1. The predicted octanol–water partition coefficient (Wildman–Crippen LogP) is 2.91. The quantitative estimate of drug-likeness (QED) is 0.440. The molecule has 11 heteroatoms. The SMILES string of the molecule is Cc1cncc(N[C@H](CC2CC2)C(=O)N2[C@H]3CC[C@@H]([C@@H]2C(=O)N[C@@H](C#N)C[C@H]2CCCNC2=O)C(F)(F)C3)c1. The highest BCUT2D eigenvalue weighted by atomic mass is 19.3. The summed E-state index contributed by atoms with van der Waals surface area (Å²) in [4.78, 5) is 45.5. The molecule has 2 saturated carbocycles. The Hall–Kier alpha value is -3.29. The number of nitrogens with zero attached hydrogens (tertiary/aromatic N) is 3. The van der Waals surface area contributed by atoms with E-state index in [1.807, 2.05) is 19.1 Å². The van der Waals surface area contributed by atoms with Crippen LogP contribution in [0.15, 0.2) is 18.5 Å². The molecule has 0 unspecified atom stereocenters. The molecule has 39 heavy (non-hydrogen) atoms. The van der Waals surface area contributed by atoms with Gasteiger partial charge in [0.25, 0.3) is 5.92 Å². The average molecular weight is 543 g/mol. The number of amides is 3. The van der Waals surface area contributed by atoms with Crippen LogP contribution in [0, 0.1) is 36.0 Å². The fourth-order valence-corrected chi connectivity index (χ4v) is 6.49. The zero-order valence-corrected chi connectivity index (χ0v) is 22.2. The van der Waals surface area contributed by atoms with E-state index in [0.29, 0.717) is 37.4 Å². The molecular weight excluding hydrogens is 506 g/mol. The maximum absolute atomic E-state index is 15.1. The number of pyridine rings is 1. The van der Waals surface area contributed by atoms with Crippen LogP contribution >= 0.6 is 0 Å². The lowest BCUT2D eigenvalue weighted by molar-refractivity contribution is -0.194. The Bertz CT molecular complexity index is 1150. The lowest BCUT2D eigenvalue weighted by Gasteiger charge is -2.54. The summed E-state index contributed by atoms with van der Waals surface area (Å²) < 4.78 is 30.3. The first-order valence-corrected chi connectivity index (χ1v) is 14.0. The van der Waals surface area contributed by atoms with Gasteiger partial charge < -0.3 is 20.9 Å². The molecule has 9 nitrogen and oxygen atoms in total. The Kier molecular flexibility index (Phi) is 7.74. The van der Waals surface area contributed by atoms with Crippen molar-refractivity contribution in [3.8, 4) is 6.07 Å². The highest BCUT2D eigenvalue weighted by molar-refractivity contribution is 5.92. The van der Waals surface area contributed by atoms with Crippen LogP contribution in [0.5, 0.6) is 0 Å². The molecule has 6 rings (SSSR count). The van der Waals surface area contributed by atoms with Gasteiger partial charge in [0.2, 0.25) is 17.7 Å². The van der Waals surface area contributed by atoms with Crippen molar-refractivity contribution in [2.75, 3.05) is 11.9 Å². The molecule has 3 aliphatic heterocycles. The number of piperidine rings is 3. The van der Waals surface area contributed by atoms with Crippen molar-refractivity contribution in [2.45, 2.75) is 94.8 Å². The third-order valence-corrected chi connectivity index (χ3v) is 8.63. The minimum absolute atomic E-state index is 0.103. The lowest BCUT2D eigenvalue weighted by atomic mass is 9.71. The standard InChI is InChI=1S/C28H36F2N6O3/c1-16-9-20(15-32-14-16)34-23(10-17-4-5-17)27(39)36-21-6-7-22(28(29,30)12-21)24(36)26(38)35-19(13-31)11-18-3-2-8-33-25(18)37/h9,14-15,17-19,21-24,34H,2-8,10-12H2,1H3,(H,33,37)(H,35,38)/t18-,19-,21+,22+,23-,24-/m1/s1. The number of hydrogen-bond acceptors (Lipinski definition) is 6. The largest absolute Gasteiger partial charge is 0.372 e. The molecule has 1 aromatic heterocycles. The predicted molar refractivity (Wildman–Crippen MR) is 138 cm³/mol. The third-order valence-electron chi connectivity index (χ3n) is 8.63. The fraction of sp³-hybridized carbons (Fsp3) is 0.679. The van der Waals surface area contributed by atoms with Gasteiger partial charge in [-0.2, -0.15) is 5.26 Å². The van der Waals surface area contributed by atoms with Crippen molar-refractivity contribution in [1.82, 2.24) is 20.5 Å². The van der Waals surface area contributed by atoms with E-state index in [0.717, 1.165) is 24.8 Å². The summed E-state index contributed by atoms with van der Waals surface area (Å²) in [5, 5.41) is 18.4. The van der Waals surface area contributed by atoms with Gasteiger partial charge in [-0.3, -0.25) is 19.4 Å². The minimum atomic E-state index is -3.09. The summed E-state index contributed by atoms with van der Waals surface area (Å²) in [5.74, 6) is -5.77. The van der Waals surface area contributed by atoms with E-state index in [2.05, 4.69) is 20.9 Å². The zero-order chi connectivity index (χ0) is 27.7. The minimum Gasteiger partial charge on any atom is -0.372 e. The molecule has 0 aromatic carbocycles. The second kappa shape index (κ2) is 11.1. The van der Waals surface area contributed by atoms with Gasteiger partial charge in [-0.1, -0.05) is 12.8 Å². The number of alkyl halides is 2. The maximum Gasteiger partial charge on any atom is 0.255 e. The fourth-order valence-electron chi connectivity index (χ4n) is 6.49. The maximum atomic E-state index is 15.1. The van der Waals surface area contributed by atoms with Gasteiger partial charge in [0.05, 0.1) is 17.7 Å². The molecule has 5 fully saturated rings. The second-order valence-corrected chi connectivity index (χ2v) is 11.7. The van der Waals surface area contributed by atoms with E-state index in [9.17, 15) is 19.6 Å². The van der Waals surface area contributed by atoms with E-state index in [4.69, 9.17) is 0 Å². The number of aryl methyl sites for hydroxylation is 1. The summed E-state index contributed by atoms with van der Waals surface area (Å²) in [6, 6.07) is 0.0543. The topological polar surface area (TPSA) is 127 Å². The van der Waals surface area contributed by atoms with E-state index in [1.54, 1.807) is 12.4 Å². The molecule has 2 aliphatic carbocycles. The van der Waals surface area contributed by atoms with Crippen LogP contribution in [0.25, 0.3) is 0 Å². The van der Waals surface area contributed by atoms with Crippen LogP contribution < -0.4 is 16.0 Å². The molecule has 0 spiro atoms. The number of carbonyl (C=O) groups excluding carboxylic acids is 3. The van der Waals surface area contributed by atoms with Crippen molar-refractivity contribution in [2.24, 2.45) is 17.8 Å². The van der Waals surface area contributed by atoms with E-state index >= 15 is 8.78 Å². The van der Waals surface area contributed by atoms with E-state index in [-0.39, 0.29) is 24.7 Å². The van der Waals surface area contributed by atoms with Crippen LogP contribution in [-0.4, -0.2) is 64.2 Å². The molecule has 5 aliphatic rings. The number of nitrogens with one attached hydrogen (secondary N) is 3. The second-order valence-electron chi connectivity index (χ2n) is 11.7. The van der Waals surface area contributed by atoms with Gasteiger partial charge in [0, 0.05) is 37.3 Å². The summed E-state index contributed by atoms with van der Waals surface area (Å²) in [6.45, 7) is 2.47. The molecule has 6 atom stereocenters. The van der Waals surface area contributed by atoms with Gasteiger partial charge in [-0.05, 0) is 63.0 Å². The number of nitriles is 1. The van der Waals surface area contributed by atoms with Crippen molar-refractivity contribution in [3.05, 3.63) is 24.0 Å². The van der Waals surface area contributed by atoms with E-state index < -0.39 is 54.3 Å². The summed E-state index contributed by atoms with van der Waals surface area (Å²) in [7, 11) is 0.